The lowest BCUT2D eigenvalue weighted by Gasteiger charge is -2.27. The zero-order valence-electron chi connectivity index (χ0n) is 76.6. The van der Waals surface area contributed by atoms with Crippen molar-refractivity contribution in [1.82, 2.24) is 9.13 Å². The van der Waals surface area contributed by atoms with E-state index in [1.165, 1.54) is 43.6 Å². The fraction of sp³-hybridized carbons (Fsp3) is 0. The number of aromatic nitrogens is 2. The monoisotopic (exact) mass is 1800 g/mol. The summed E-state index contributed by atoms with van der Waals surface area (Å²) in [5.41, 5.74) is 37.8. The fourth-order valence-corrected chi connectivity index (χ4v) is 21.2. The van der Waals surface area contributed by atoms with Crippen molar-refractivity contribution in [3.05, 3.63) is 522 Å². The Balaban J connectivity index is 0.514. The SMILES string of the molecule is c1ccc(N(c2ccc(-c3ccc(N(c4ccc(-c5ccc(N(c6ccc(-c7ccc8c(c7)oc7ccccc78)cc6)c6ccc(-n7c8ccccc8c8ccccc87)cc6)cc5)cc4)c4ccc(-c5ccc(N(c6ccc(-c7ccc8c(c7)oc7ccccc78)cc6)c6ccc(-n7c8ccccc8c8ccccc87)cc6)cc5)cc4)cc3)cc2)c2ccc(-c3ccc4c(c3)oc3ccccc34)cc2)cc1. The van der Waals surface area contributed by atoms with Crippen LogP contribution in [0.3, 0.4) is 0 Å². The lowest BCUT2D eigenvalue weighted by molar-refractivity contribution is 0.668. The highest BCUT2D eigenvalue weighted by Crippen LogP contribution is 2.48. The molecule has 27 rings (SSSR count). The Morgan fingerprint density at radius 2 is 0.284 bits per heavy atom. The number of nitrogens with zero attached hydrogens (tertiary/aromatic N) is 6. The smallest absolute Gasteiger partial charge is 0.136 e. The maximum absolute atomic E-state index is 6.39. The van der Waals surface area contributed by atoms with Gasteiger partial charge in [-0.3, -0.25) is 0 Å². The molecule has 0 amide bonds. The van der Waals surface area contributed by atoms with Crippen LogP contribution in [0.5, 0.6) is 0 Å². The molecule has 0 aliphatic carbocycles. The molecule has 0 fully saturated rings. The van der Waals surface area contributed by atoms with E-state index >= 15 is 0 Å². The van der Waals surface area contributed by atoms with Crippen LogP contribution in [0.1, 0.15) is 0 Å². The largest absolute Gasteiger partial charge is 0.456 e. The quantitative estimate of drug-likeness (QED) is 0.0753. The molecule has 0 atom stereocenters. The summed E-state index contributed by atoms with van der Waals surface area (Å²) < 4.78 is 23.9. The normalized spacial score (nSPS) is 11.7. The van der Waals surface area contributed by atoms with Gasteiger partial charge < -0.3 is 42.0 Å². The average molecular weight is 1800 g/mol. The summed E-state index contributed by atoms with van der Waals surface area (Å²) in [6.45, 7) is 0. The number of furan rings is 3. The number of anilines is 12. The molecule has 0 radical (unpaired) electrons. The zero-order chi connectivity index (χ0) is 93.0. The first-order chi connectivity index (χ1) is 69.8. The highest BCUT2D eigenvalue weighted by Gasteiger charge is 2.24. The number of rotatable bonds is 20. The van der Waals surface area contributed by atoms with Crippen molar-refractivity contribution in [2.24, 2.45) is 0 Å². The molecule has 22 aromatic carbocycles. The van der Waals surface area contributed by atoms with Gasteiger partial charge in [0.2, 0.25) is 0 Å². The van der Waals surface area contributed by atoms with E-state index in [0.29, 0.717) is 0 Å². The molecule has 5 aromatic heterocycles. The first kappa shape index (κ1) is 81.6. The molecule has 0 aliphatic rings. The second-order valence-corrected chi connectivity index (χ2v) is 36.3. The molecule has 0 saturated carbocycles. The Labute approximate surface area is 813 Å². The number of hydrogen-bond acceptors (Lipinski definition) is 7. The maximum Gasteiger partial charge on any atom is 0.136 e. The highest BCUT2D eigenvalue weighted by atomic mass is 16.3. The Morgan fingerprint density at radius 1 is 0.121 bits per heavy atom. The summed E-state index contributed by atoms with van der Waals surface area (Å²) in [4.78, 5) is 9.40. The van der Waals surface area contributed by atoms with Gasteiger partial charge in [0.05, 0.1) is 22.1 Å². The Bertz CT molecular complexity index is 8900. The number of para-hydroxylation sites is 8. The zero-order valence-corrected chi connectivity index (χ0v) is 76.6. The summed E-state index contributed by atoms with van der Waals surface area (Å²) in [6.07, 6.45) is 0. The van der Waals surface area contributed by atoms with Gasteiger partial charge in [-0.1, -0.05) is 273 Å². The van der Waals surface area contributed by atoms with E-state index in [2.05, 4.69) is 514 Å². The number of fused-ring (bicyclic) bond motifs is 15. The van der Waals surface area contributed by atoms with Crippen LogP contribution >= 0.6 is 0 Å². The Morgan fingerprint density at radius 3 is 0.511 bits per heavy atom. The number of benzene rings is 22. The Kier molecular flexibility index (Phi) is 19.8. The molecule has 0 N–H and O–H groups in total. The van der Waals surface area contributed by atoms with Gasteiger partial charge in [-0.25, -0.2) is 0 Å². The van der Waals surface area contributed by atoms with Gasteiger partial charge in [0, 0.05) is 133 Å². The molecule has 9 nitrogen and oxygen atoms in total. The molecule has 0 saturated heterocycles. The minimum absolute atomic E-state index is 0.875. The third-order valence-electron chi connectivity index (χ3n) is 28.2. The molecule has 5 heterocycles. The van der Waals surface area contributed by atoms with Crippen LogP contribution in [0, 0.1) is 0 Å². The van der Waals surface area contributed by atoms with E-state index in [9.17, 15) is 0 Å². The van der Waals surface area contributed by atoms with Crippen LogP contribution < -0.4 is 19.6 Å². The maximum atomic E-state index is 6.39. The third kappa shape index (κ3) is 14.6. The standard InChI is InChI=1S/C132H86N6O3/c1-2-18-99(19-3-1)133(101-67-46-93(47-68-101)96-52-81-120-117-24-8-15-31-127(117)139-130(120)84-96)100-55-34-87(35-56-100)88-36-57-102(58-37-88)134(103-59-38-89(39-60-103)91-42-63-105(64-43-91)135(107-69-48-94(49-70-107)97-53-82-121-118-25-9-16-32-128(118)140-131(121)85-97)109-73-77-111(78-74-109)137-123-27-11-4-20-113(123)114-21-5-12-28-124(114)137)104-61-40-90(41-62-104)92-44-65-106(66-45-92)136(108-71-50-95(51-72-108)98-54-83-122-119-26-10-17-33-129(119)141-132(122)86-98)110-75-79-112(80-76-110)138-125-29-13-6-22-115(125)116-23-7-14-30-126(116)138/h1-86H. The summed E-state index contributed by atoms with van der Waals surface area (Å²) in [7, 11) is 0. The van der Waals surface area contributed by atoms with Crippen molar-refractivity contribution in [1.29, 1.82) is 0 Å². The highest BCUT2D eigenvalue weighted by molar-refractivity contribution is 6.12. The van der Waals surface area contributed by atoms with E-state index in [-0.39, 0.29) is 0 Å². The molecule has 0 bridgehead atoms. The van der Waals surface area contributed by atoms with Crippen molar-refractivity contribution in [3.63, 3.8) is 0 Å². The van der Waals surface area contributed by atoms with Crippen LogP contribution in [0.2, 0.25) is 0 Å². The van der Waals surface area contributed by atoms with E-state index in [1.807, 2.05) is 36.4 Å². The molecule has 0 unspecified atom stereocenters. The summed E-state index contributed by atoms with van der Waals surface area (Å²) >= 11 is 0. The molecule has 0 spiro atoms. The van der Waals surface area contributed by atoms with E-state index in [1.54, 1.807) is 0 Å². The predicted octanol–water partition coefficient (Wildman–Crippen LogP) is 37.5. The van der Waals surface area contributed by atoms with Crippen LogP contribution in [0.15, 0.2) is 535 Å². The van der Waals surface area contributed by atoms with Gasteiger partial charge in [0.15, 0.2) is 0 Å². The van der Waals surface area contributed by atoms with Crippen molar-refractivity contribution in [3.8, 4) is 78.1 Å². The molecule has 9 heteroatoms. The summed E-state index contributed by atoms with van der Waals surface area (Å²) in [5, 5.41) is 11.6. The summed E-state index contributed by atoms with van der Waals surface area (Å²) in [6, 6.07) is 188. The topological polar surface area (TPSA) is 62.2 Å². The average Bonchev–Trinajstić information content (AvgIpc) is 1.67. The fourth-order valence-electron chi connectivity index (χ4n) is 21.2. The van der Waals surface area contributed by atoms with Crippen molar-refractivity contribution < 1.29 is 13.3 Å². The second kappa shape index (κ2) is 34.1. The minimum atomic E-state index is 0.875. The third-order valence-corrected chi connectivity index (χ3v) is 28.2. The first-order valence-electron chi connectivity index (χ1n) is 48.0. The van der Waals surface area contributed by atoms with Gasteiger partial charge in [0.25, 0.3) is 0 Å². The molecular weight excluding hydrogens is 1720 g/mol. The van der Waals surface area contributed by atoms with E-state index in [0.717, 1.165) is 212 Å². The first-order valence-corrected chi connectivity index (χ1v) is 48.0. The van der Waals surface area contributed by atoms with Gasteiger partial charge in [-0.2, -0.15) is 0 Å². The van der Waals surface area contributed by atoms with Crippen molar-refractivity contribution >= 4 is 178 Å². The van der Waals surface area contributed by atoms with E-state index < -0.39 is 0 Å². The molecule has 662 valence electrons. The second-order valence-electron chi connectivity index (χ2n) is 36.3. The Hall–Kier alpha value is -19.0. The van der Waals surface area contributed by atoms with E-state index in [4.69, 9.17) is 13.3 Å². The molecule has 141 heavy (non-hydrogen) atoms. The van der Waals surface area contributed by atoms with Crippen molar-refractivity contribution in [2.75, 3.05) is 19.6 Å². The van der Waals surface area contributed by atoms with Gasteiger partial charge in [-0.15, -0.1) is 0 Å². The van der Waals surface area contributed by atoms with Crippen LogP contribution in [0.25, 0.3) is 188 Å². The summed E-state index contributed by atoms with van der Waals surface area (Å²) in [5.74, 6) is 0. The van der Waals surface area contributed by atoms with Crippen LogP contribution in [-0.4, -0.2) is 9.13 Å². The predicted molar refractivity (Wildman–Crippen MR) is 588 cm³/mol. The lowest BCUT2D eigenvalue weighted by atomic mass is 10.0. The van der Waals surface area contributed by atoms with Gasteiger partial charge in [0.1, 0.15) is 33.5 Å². The minimum Gasteiger partial charge on any atom is -0.456 e. The van der Waals surface area contributed by atoms with Crippen LogP contribution in [0.4, 0.5) is 68.2 Å². The molecular formula is C132H86N6O3. The lowest BCUT2D eigenvalue weighted by Crippen LogP contribution is -2.10. The van der Waals surface area contributed by atoms with Gasteiger partial charge >= 0.3 is 0 Å². The van der Waals surface area contributed by atoms with Crippen molar-refractivity contribution in [2.45, 2.75) is 0 Å². The van der Waals surface area contributed by atoms with Gasteiger partial charge in [-0.05, 0) is 315 Å². The van der Waals surface area contributed by atoms with Crippen LogP contribution in [-0.2, 0) is 0 Å². The molecule has 27 aromatic rings. The number of hydrogen-bond donors (Lipinski definition) is 0. The molecule has 0 aliphatic heterocycles.